The van der Waals surface area contributed by atoms with E-state index >= 15 is 4.39 Å². The number of piperidine rings is 1. The maximum Gasteiger partial charge on any atom is 0.319 e. The second-order valence-electron chi connectivity index (χ2n) is 10.6. The van der Waals surface area contributed by atoms with Gasteiger partial charge in [0.05, 0.1) is 11.9 Å². The lowest BCUT2D eigenvalue weighted by molar-refractivity contribution is 0.248. The molecule has 4 heterocycles. The second-order valence-corrected chi connectivity index (χ2v) is 11.1. The molecule has 3 aromatic heterocycles. The minimum Gasteiger partial charge on any atom is -0.461 e. The molecule has 2 aromatic carbocycles. The molecule has 204 valence electrons. The summed E-state index contributed by atoms with van der Waals surface area (Å²) in [5, 5.41) is 12.2. The van der Waals surface area contributed by atoms with Gasteiger partial charge in [-0.15, -0.1) is 0 Å². The maximum absolute atomic E-state index is 16.4. The number of halogens is 2. The number of hydrogen-bond acceptors (Lipinski definition) is 7. The summed E-state index contributed by atoms with van der Waals surface area (Å²) < 4.78 is 24.2. The average molecular weight is 559 g/mol. The van der Waals surface area contributed by atoms with Crippen LogP contribution in [0.1, 0.15) is 25.1 Å². The molecular weight excluding hydrogens is 531 g/mol. The Hall–Kier alpha value is -3.82. The van der Waals surface area contributed by atoms with Gasteiger partial charge in [0.25, 0.3) is 0 Å². The first-order valence-electron chi connectivity index (χ1n) is 13.6. The van der Waals surface area contributed by atoms with E-state index in [0.29, 0.717) is 46.0 Å². The molecule has 2 unspecified atom stereocenters. The van der Waals surface area contributed by atoms with Crippen LogP contribution in [-0.2, 0) is 13.2 Å². The molecule has 10 heteroatoms. The molecule has 8 nitrogen and oxygen atoms in total. The number of fused-ring (bicyclic) bond motifs is 4. The molecule has 1 saturated heterocycles. The van der Waals surface area contributed by atoms with E-state index in [0.717, 1.165) is 23.9 Å². The van der Waals surface area contributed by atoms with Crippen LogP contribution in [0.4, 0.5) is 10.2 Å². The minimum atomic E-state index is -0.532. The van der Waals surface area contributed by atoms with Crippen molar-refractivity contribution in [1.82, 2.24) is 24.5 Å². The molecule has 2 fully saturated rings. The standard InChI is InChI=1S/C30H28ClFN6O2/c31-23-6-2-4-20-3-1-5-21(25(20)23)27-26(32)28-22(14-34-27)29(38-15-18-7-8-19(13-18)16-38)36-30(35-28)40-12-11-37-10-9-33-24(37)17-39/h1-6,9-10,14,18-19,39H,7-8,11-13,15-17H2. The molecule has 1 aliphatic carbocycles. The van der Waals surface area contributed by atoms with Gasteiger partial charge in [0.15, 0.2) is 5.82 Å². The van der Waals surface area contributed by atoms with E-state index in [4.69, 9.17) is 21.3 Å². The van der Waals surface area contributed by atoms with Gasteiger partial charge in [-0.2, -0.15) is 9.97 Å². The van der Waals surface area contributed by atoms with Crippen LogP contribution in [0.3, 0.4) is 0 Å². The van der Waals surface area contributed by atoms with E-state index < -0.39 is 5.82 Å². The van der Waals surface area contributed by atoms with E-state index in [1.54, 1.807) is 29.2 Å². The van der Waals surface area contributed by atoms with Gasteiger partial charge < -0.3 is 19.3 Å². The molecule has 1 N–H and O–H groups in total. The van der Waals surface area contributed by atoms with Crippen molar-refractivity contribution in [2.45, 2.75) is 32.4 Å². The molecular formula is C30H28ClFN6O2. The van der Waals surface area contributed by atoms with Crippen LogP contribution >= 0.6 is 11.6 Å². The number of benzene rings is 2. The van der Waals surface area contributed by atoms with Crippen molar-refractivity contribution in [1.29, 1.82) is 0 Å². The first kappa shape index (κ1) is 25.2. The third kappa shape index (κ3) is 4.43. The SMILES string of the molecule is OCc1nccn1CCOc1nc(N2CC3CCC(C3)C2)c2cnc(-c3cccc4cccc(Cl)c34)c(F)c2n1. The highest BCUT2D eigenvalue weighted by Gasteiger charge is 2.34. The van der Waals surface area contributed by atoms with Gasteiger partial charge in [-0.25, -0.2) is 9.37 Å². The maximum atomic E-state index is 16.4. The lowest BCUT2D eigenvalue weighted by Crippen LogP contribution is -2.37. The predicted octanol–water partition coefficient (Wildman–Crippen LogP) is 5.64. The molecule has 2 atom stereocenters. The molecule has 40 heavy (non-hydrogen) atoms. The van der Waals surface area contributed by atoms with Crippen molar-refractivity contribution in [2.24, 2.45) is 11.8 Å². The molecule has 2 bridgehead atoms. The third-order valence-electron chi connectivity index (χ3n) is 8.17. The summed E-state index contributed by atoms with van der Waals surface area (Å²) in [7, 11) is 0. The Morgan fingerprint density at radius 1 is 1.05 bits per heavy atom. The van der Waals surface area contributed by atoms with Gasteiger partial charge >= 0.3 is 6.01 Å². The van der Waals surface area contributed by atoms with Crippen LogP contribution in [0, 0.1) is 17.7 Å². The van der Waals surface area contributed by atoms with Gasteiger partial charge in [0.1, 0.15) is 36.1 Å². The lowest BCUT2D eigenvalue weighted by Gasteiger charge is -2.33. The predicted molar refractivity (Wildman–Crippen MR) is 152 cm³/mol. The van der Waals surface area contributed by atoms with Crippen LogP contribution in [0.5, 0.6) is 6.01 Å². The Kier molecular flexibility index (Phi) is 6.48. The summed E-state index contributed by atoms with van der Waals surface area (Å²) in [6.07, 6.45) is 8.74. The number of aliphatic hydroxyl groups excluding tert-OH is 1. The smallest absolute Gasteiger partial charge is 0.319 e. The fourth-order valence-corrected chi connectivity index (χ4v) is 6.60. The summed E-state index contributed by atoms with van der Waals surface area (Å²) >= 11 is 6.56. The number of pyridine rings is 1. The zero-order chi connectivity index (χ0) is 27.2. The van der Waals surface area contributed by atoms with E-state index in [1.807, 2.05) is 30.3 Å². The summed E-state index contributed by atoms with van der Waals surface area (Å²) in [6.45, 7) is 2.26. The number of rotatable bonds is 7. The van der Waals surface area contributed by atoms with Crippen LogP contribution in [0.2, 0.25) is 5.02 Å². The highest BCUT2D eigenvalue weighted by molar-refractivity contribution is 6.36. The Morgan fingerprint density at radius 2 is 1.85 bits per heavy atom. The summed E-state index contributed by atoms with van der Waals surface area (Å²) in [6, 6.07) is 11.4. The molecule has 7 rings (SSSR count). The topological polar surface area (TPSA) is 89.2 Å². The minimum absolute atomic E-state index is 0.109. The number of nitrogens with zero attached hydrogens (tertiary/aromatic N) is 6. The molecule has 5 aromatic rings. The molecule has 0 radical (unpaired) electrons. The van der Waals surface area contributed by atoms with Crippen LogP contribution in [0.15, 0.2) is 55.0 Å². The van der Waals surface area contributed by atoms with E-state index in [9.17, 15) is 5.11 Å². The van der Waals surface area contributed by atoms with Gasteiger partial charge in [-0.1, -0.05) is 41.9 Å². The van der Waals surface area contributed by atoms with Crippen molar-refractivity contribution in [3.05, 3.63) is 71.7 Å². The normalized spacial score (nSPS) is 18.6. The second kappa shape index (κ2) is 10.3. The number of imidazole rings is 1. The summed E-state index contributed by atoms with van der Waals surface area (Å²) in [4.78, 5) is 20.3. The molecule has 0 amide bonds. The Labute approximate surface area is 235 Å². The Bertz CT molecular complexity index is 1710. The van der Waals surface area contributed by atoms with Gasteiger partial charge in [0, 0.05) is 47.7 Å². The Morgan fingerprint density at radius 3 is 2.65 bits per heavy atom. The van der Waals surface area contributed by atoms with Gasteiger partial charge in [-0.05, 0) is 42.6 Å². The van der Waals surface area contributed by atoms with Crippen molar-refractivity contribution in [3.8, 4) is 17.3 Å². The monoisotopic (exact) mass is 558 g/mol. The van der Waals surface area contributed by atoms with Crippen molar-refractivity contribution < 1.29 is 14.2 Å². The van der Waals surface area contributed by atoms with Crippen LogP contribution in [0.25, 0.3) is 32.9 Å². The average Bonchev–Trinajstić information content (AvgIpc) is 3.57. The van der Waals surface area contributed by atoms with E-state index in [1.165, 1.54) is 19.3 Å². The summed E-state index contributed by atoms with van der Waals surface area (Å²) in [5.74, 6) is 1.89. The fraction of sp³-hybridized carbons (Fsp3) is 0.333. The quantitative estimate of drug-likeness (QED) is 0.276. The third-order valence-corrected chi connectivity index (χ3v) is 8.48. The number of aliphatic hydroxyl groups is 1. The number of anilines is 1. The number of hydrogen-bond donors (Lipinski definition) is 1. The highest BCUT2D eigenvalue weighted by Crippen LogP contribution is 2.41. The number of aromatic nitrogens is 5. The van der Waals surface area contributed by atoms with Crippen molar-refractivity contribution >= 4 is 39.1 Å². The van der Waals surface area contributed by atoms with Crippen LogP contribution in [-0.4, -0.2) is 49.3 Å². The van der Waals surface area contributed by atoms with Crippen LogP contribution < -0.4 is 9.64 Å². The van der Waals surface area contributed by atoms with Gasteiger partial charge in [0.2, 0.25) is 0 Å². The van der Waals surface area contributed by atoms with E-state index in [2.05, 4.69) is 19.9 Å². The highest BCUT2D eigenvalue weighted by atomic mass is 35.5. The molecule has 1 aliphatic heterocycles. The zero-order valence-corrected chi connectivity index (χ0v) is 22.6. The first-order chi connectivity index (χ1) is 19.6. The van der Waals surface area contributed by atoms with E-state index in [-0.39, 0.29) is 30.4 Å². The van der Waals surface area contributed by atoms with Crippen molar-refractivity contribution in [3.63, 3.8) is 0 Å². The zero-order valence-electron chi connectivity index (χ0n) is 21.8. The lowest BCUT2D eigenvalue weighted by atomic mass is 9.98. The molecule has 0 spiro atoms. The van der Waals surface area contributed by atoms with Crippen molar-refractivity contribution in [2.75, 3.05) is 24.6 Å². The largest absolute Gasteiger partial charge is 0.461 e. The first-order valence-corrected chi connectivity index (χ1v) is 14.0. The molecule has 1 saturated carbocycles. The Balaban J connectivity index is 1.32. The molecule has 2 aliphatic rings. The number of ether oxygens (including phenoxy) is 1. The fourth-order valence-electron chi connectivity index (χ4n) is 6.32. The van der Waals surface area contributed by atoms with Gasteiger partial charge in [-0.3, -0.25) is 4.98 Å². The summed E-state index contributed by atoms with van der Waals surface area (Å²) in [5.41, 5.74) is 0.968.